The van der Waals surface area contributed by atoms with Crippen LogP contribution in [0.25, 0.3) is 0 Å². The molecule has 1 aromatic carbocycles. The molecule has 1 amide bonds. The summed E-state index contributed by atoms with van der Waals surface area (Å²) in [4.78, 5) is 36.7. The third-order valence-corrected chi connectivity index (χ3v) is 4.21. The normalized spacial score (nSPS) is 15.0. The third-order valence-electron chi connectivity index (χ3n) is 4.21. The van der Waals surface area contributed by atoms with Gasteiger partial charge in [0.1, 0.15) is 5.69 Å². The number of likely N-dealkylation sites (N-methyl/N-ethyl adjacent to an activating group) is 1. The number of piperazine rings is 1. The number of ketones is 1. The van der Waals surface area contributed by atoms with E-state index in [1.54, 1.807) is 36.5 Å². The first kappa shape index (κ1) is 17.0. The van der Waals surface area contributed by atoms with Gasteiger partial charge in [-0.05, 0) is 44.3 Å². The number of rotatable bonds is 4. The SMILES string of the molecule is CC(=O)c1ccc(NC(=O)c2ccnc(N3CCN(C)CC3)n2)cc1. The predicted octanol–water partition coefficient (Wildman–Crippen LogP) is 1.68. The smallest absolute Gasteiger partial charge is 0.274 e. The van der Waals surface area contributed by atoms with Crippen molar-refractivity contribution in [3.63, 3.8) is 0 Å². The average molecular weight is 339 g/mol. The molecule has 25 heavy (non-hydrogen) atoms. The zero-order chi connectivity index (χ0) is 17.8. The van der Waals surface area contributed by atoms with Crippen molar-refractivity contribution in [1.29, 1.82) is 0 Å². The largest absolute Gasteiger partial charge is 0.338 e. The Morgan fingerprint density at radius 1 is 1.04 bits per heavy atom. The van der Waals surface area contributed by atoms with Crippen LogP contribution in [0.2, 0.25) is 0 Å². The van der Waals surface area contributed by atoms with E-state index < -0.39 is 0 Å². The molecule has 0 unspecified atom stereocenters. The second-order valence-electron chi connectivity index (χ2n) is 6.12. The fourth-order valence-corrected chi connectivity index (χ4v) is 2.62. The molecule has 0 bridgehead atoms. The monoisotopic (exact) mass is 339 g/mol. The molecule has 0 saturated carbocycles. The maximum Gasteiger partial charge on any atom is 0.274 e. The first-order valence-corrected chi connectivity index (χ1v) is 8.22. The van der Waals surface area contributed by atoms with Crippen LogP contribution >= 0.6 is 0 Å². The lowest BCUT2D eigenvalue weighted by Gasteiger charge is -2.32. The summed E-state index contributed by atoms with van der Waals surface area (Å²) >= 11 is 0. The van der Waals surface area contributed by atoms with E-state index in [1.165, 1.54) is 6.92 Å². The molecule has 7 nitrogen and oxygen atoms in total. The Morgan fingerprint density at radius 3 is 2.36 bits per heavy atom. The molecular weight excluding hydrogens is 318 g/mol. The van der Waals surface area contributed by atoms with Crippen LogP contribution < -0.4 is 10.2 Å². The minimum Gasteiger partial charge on any atom is -0.338 e. The van der Waals surface area contributed by atoms with Crippen LogP contribution in [0.15, 0.2) is 36.5 Å². The van der Waals surface area contributed by atoms with E-state index in [4.69, 9.17) is 0 Å². The molecular formula is C18H21N5O2. The highest BCUT2D eigenvalue weighted by Gasteiger charge is 2.18. The van der Waals surface area contributed by atoms with Gasteiger partial charge in [-0.25, -0.2) is 9.97 Å². The van der Waals surface area contributed by atoms with Gasteiger partial charge < -0.3 is 15.1 Å². The van der Waals surface area contributed by atoms with Crippen LogP contribution in [-0.4, -0.2) is 59.8 Å². The van der Waals surface area contributed by atoms with Gasteiger partial charge in [-0.2, -0.15) is 0 Å². The fraction of sp³-hybridized carbons (Fsp3) is 0.333. The minimum absolute atomic E-state index is 0.00880. The van der Waals surface area contributed by atoms with E-state index in [0.29, 0.717) is 22.9 Å². The second kappa shape index (κ2) is 7.40. The number of anilines is 2. The van der Waals surface area contributed by atoms with Gasteiger partial charge in [0.25, 0.3) is 5.91 Å². The van der Waals surface area contributed by atoms with Crippen LogP contribution in [0.1, 0.15) is 27.8 Å². The Bertz CT molecular complexity index is 767. The van der Waals surface area contributed by atoms with Gasteiger partial charge in [-0.15, -0.1) is 0 Å². The molecule has 0 aliphatic carbocycles. The number of nitrogens with zero attached hydrogens (tertiary/aromatic N) is 4. The van der Waals surface area contributed by atoms with Gasteiger partial charge in [-0.1, -0.05) is 0 Å². The van der Waals surface area contributed by atoms with Crippen molar-refractivity contribution in [3.05, 3.63) is 47.8 Å². The molecule has 1 aliphatic heterocycles. The summed E-state index contributed by atoms with van der Waals surface area (Å²) in [5.74, 6) is 0.270. The van der Waals surface area contributed by atoms with E-state index in [-0.39, 0.29) is 11.7 Å². The number of nitrogens with one attached hydrogen (secondary N) is 1. The van der Waals surface area contributed by atoms with Gasteiger partial charge in [0.2, 0.25) is 5.95 Å². The average Bonchev–Trinajstić information content (AvgIpc) is 2.63. The number of carbonyl (C=O) groups is 2. The molecule has 1 saturated heterocycles. The number of Topliss-reactive ketones (excluding diaryl/α,β-unsaturated/α-hetero) is 1. The second-order valence-corrected chi connectivity index (χ2v) is 6.12. The predicted molar refractivity (Wildman–Crippen MR) is 96.1 cm³/mol. The number of amides is 1. The Kier molecular flexibility index (Phi) is 5.04. The zero-order valence-corrected chi connectivity index (χ0v) is 14.4. The van der Waals surface area contributed by atoms with Crippen molar-refractivity contribution >= 4 is 23.3 Å². The fourth-order valence-electron chi connectivity index (χ4n) is 2.62. The van der Waals surface area contributed by atoms with Crippen LogP contribution in [-0.2, 0) is 0 Å². The first-order valence-electron chi connectivity index (χ1n) is 8.22. The Balaban J connectivity index is 1.69. The highest BCUT2D eigenvalue weighted by molar-refractivity contribution is 6.03. The number of hydrogen-bond acceptors (Lipinski definition) is 6. The zero-order valence-electron chi connectivity index (χ0n) is 14.4. The summed E-state index contributed by atoms with van der Waals surface area (Å²) in [6, 6.07) is 8.38. The number of aromatic nitrogens is 2. The summed E-state index contributed by atoms with van der Waals surface area (Å²) in [7, 11) is 2.08. The summed E-state index contributed by atoms with van der Waals surface area (Å²) in [5, 5.41) is 2.79. The van der Waals surface area contributed by atoms with Crippen molar-refractivity contribution in [2.24, 2.45) is 0 Å². The van der Waals surface area contributed by atoms with Crippen LogP contribution in [0, 0.1) is 0 Å². The molecule has 130 valence electrons. The quantitative estimate of drug-likeness (QED) is 0.854. The van der Waals surface area contributed by atoms with Crippen LogP contribution in [0.3, 0.4) is 0 Å². The molecule has 0 atom stereocenters. The van der Waals surface area contributed by atoms with Crippen molar-refractivity contribution in [3.8, 4) is 0 Å². The number of hydrogen-bond donors (Lipinski definition) is 1. The van der Waals surface area contributed by atoms with Crippen LogP contribution in [0.4, 0.5) is 11.6 Å². The summed E-state index contributed by atoms with van der Waals surface area (Å²) < 4.78 is 0. The van der Waals surface area contributed by atoms with Gasteiger partial charge in [-0.3, -0.25) is 9.59 Å². The van der Waals surface area contributed by atoms with Gasteiger partial charge in [0.05, 0.1) is 0 Å². The molecule has 1 aliphatic rings. The van der Waals surface area contributed by atoms with E-state index in [0.717, 1.165) is 26.2 Å². The van der Waals surface area contributed by atoms with Gasteiger partial charge >= 0.3 is 0 Å². The molecule has 0 radical (unpaired) electrons. The molecule has 2 heterocycles. The maximum absolute atomic E-state index is 12.4. The highest BCUT2D eigenvalue weighted by Crippen LogP contribution is 2.14. The lowest BCUT2D eigenvalue weighted by molar-refractivity contribution is 0.101. The Labute approximate surface area is 146 Å². The molecule has 7 heteroatoms. The number of benzene rings is 1. The van der Waals surface area contributed by atoms with Gasteiger partial charge in [0, 0.05) is 43.6 Å². The summed E-state index contributed by atoms with van der Waals surface area (Å²) in [6.45, 7) is 5.08. The maximum atomic E-state index is 12.4. The molecule has 3 rings (SSSR count). The van der Waals surface area contributed by atoms with Crippen molar-refractivity contribution < 1.29 is 9.59 Å². The lowest BCUT2D eigenvalue weighted by atomic mass is 10.1. The first-order chi connectivity index (χ1) is 12.0. The van der Waals surface area contributed by atoms with E-state index >= 15 is 0 Å². The lowest BCUT2D eigenvalue weighted by Crippen LogP contribution is -2.45. The van der Waals surface area contributed by atoms with E-state index in [2.05, 4.69) is 32.1 Å². The topological polar surface area (TPSA) is 78.4 Å². The standard InChI is InChI=1S/C18H21N5O2/c1-13(24)14-3-5-15(6-4-14)20-17(25)16-7-8-19-18(21-16)23-11-9-22(2)10-12-23/h3-8H,9-12H2,1-2H3,(H,20,25). The minimum atomic E-state index is -0.298. The van der Waals surface area contributed by atoms with E-state index in [1.807, 2.05) is 0 Å². The molecule has 2 aromatic rings. The Hall–Kier alpha value is -2.80. The number of carbonyl (C=O) groups excluding carboxylic acids is 2. The van der Waals surface area contributed by atoms with Crippen molar-refractivity contribution in [2.75, 3.05) is 43.4 Å². The van der Waals surface area contributed by atoms with E-state index in [9.17, 15) is 9.59 Å². The third kappa shape index (κ3) is 4.19. The van der Waals surface area contributed by atoms with Gasteiger partial charge in [0.15, 0.2) is 5.78 Å². The summed E-state index contributed by atoms with van der Waals surface area (Å²) in [6.07, 6.45) is 1.61. The van der Waals surface area contributed by atoms with Crippen molar-refractivity contribution in [1.82, 2.24) is 14.9 Å². The highest BCUT2D eigenvalue weighted by atomic mass is 16.2. The van der Waals surface area contributed by atoms with Crippen LogP contribution in [0.5, 0.6) is 0 Å². The summed E-state index contributed by atoms with van der Waals surface area (Å²) in [5.41, 5.74) is 1.55. The molecule has 1 N–H and O–H groups in total. The Morgan fingerprint density at radius 2 is 1.72 bits per heavy atom. The van der Waals surface area contributed by atoms with Crippen molar-refractivity contribution in [2.45, 2.75) is 6.92 Å². The molecule has 0 spiro atoms. The molecule has 1 fully saturated rings. The molecule has 1 aromatic heterocycles.